The van der Waals surface area contributed by atoms with Gasteiger partial charge in [0.15, 0.2) is 0 Å². The van der Waals surface area contributed by atoms with Crippen LogP contribution in [0.1, 0.15) is 12.8 Å². The van der Waals surface area contributed by atoms with Crippen molar-refractivity contribution in [3.05, 3.63) is 28.2 Å². The monoisotopic (exact) mass is 319 g/mol. The van der Waals surface area contributed by atoms with Crippen LogP contribution in [0.2, 0.25) is 10.0 Å². The molecule has 1 fully saturated rings. The first-order chi connectivity index (χ1) is 9.08. The second kappa shape index (κ2) is 6.84. The standard InChI is InChI=1S/C13H15Cl2NO2S/c14-9-3-4-10(15)12(8-9)19-7-6-16-5-1-2-11(16)13(17)18/h3-4,8,11H,1-2,5-7H2,(H,17,18)/t11-/m1/s1. The van der Waals surface area contributed by atoms with Crippen LogP contribution >= 0.6 is 35.0 Å². The molecule has 19 heavy (non-hydrogen) atoms. The molecule has 1 aromatic carbocycles. The molecule has 1 saturated heterocycles. The molecule has 3 nitrogen and oxygen atoms in total. The molecule has 0 unspecified atom stereocenters. The van der Waals surface area contributed by atoms with E-state index in [-0.39, 0.29) is 6.04 Å². The Hall–Kier alpha value is -0.420. The van der Waals surface area contributed by atoms with E-state index < -0.39 is 5.97 Å². The topological polar surface area (TPSA) is 40.5 Å². The van der Waals surface area contributed by atoms with Crippen LogP contribution in [0.3, 0.4) is 0 Å². The van der Waals surface area contributed by atoms with Gasteiger partial charge in [0.25, 0.3) is 0 Å². The molecule has 1 aliphatic heterocycles. The summed E-state index contributed by atoms with van der Waals surface area (Å²) in [5.74, 6) is 0.0902. The number of carbonyl (C=O) groups is 1. The van der Waals surface area contributed by atoms with Crippen molar-refractivity contribution in [1.82, 2.24) is 4.90 Å². The summed E-state index contributed by atoms with van der Waals surface area (Å²) >= 11 is 13.6. The summed E-state index contributed by atoms with van der Waals surface area (Å²) in [6.45, 7) is 1.62. The highest BCUT2D eigenvalue weighted by Gasteiger charge is 2.29. The van der Waals surface area contributed by atoms with Crippen molar-refractivity contribution in [3.63, 3.8) is 0 Å². The number of carboxylic acid groups (broad SMARTS) is 1. The van der Waals surface area contributed by atoms with E-state index >= 15 is 0 Å². The molecule has 1 aromatic rings. The van der Waals surface area contributed by atoms with Crippen LogP contribution in [0.4, 0.5) is 0 Å². The highest BCUT2D eigenvalue weighted by molar-refractivity contribution is 7.99. The number of thioether (sulfide) groups is 1. The van der Waals surface area contributed by atoms with Gasteiger partial charge in [-0.15, -0.1) is 11.8 Å². The van der Waals surface area contributed by atoms with E-state index in [4.69, 9.17) is 28.3 Å². The maximum Gasteiger partial charge on any atom is 0.320 e. The second-order valence-corrected chi connectivity index (χ2v) is 6.44. The highest BCUT2D eigenvalue weighted by Crippen LogP contribution is 2.30. The van der Waals surface area contributed by atoms with Gasteiger partial charge >= 0.3 is 5.97 Å². The number of aliphatic carboxylic acids is 1. The lowest BCUT2D eigenvalue weighted by Crippen LogP contribution is -2.37. The Morgan fingerprint density at radius 1 is 1.47 bits per heavy atom. The van der Waals surface area contributed by atoms with Gasteiger partial charge in [0.05, 0.1) is 5.02 Å². The quantitative estimate of drug-likeness (QED) is 0.841. The van der Waals surface area contributed by atoms with E-state index in [9.17, 15) is 4.79 Å². The third kappa shape index (κ3) is 4.02. The van der Waals surface area contributed by atoms with Crippen LogP contribution in [-0.2, 0) is 4.79 Å². The molecule has 0 aliphatic carbocycles. The fourth-order valence-corrected chi connectivity index (χ4v) is 3.71. The maximum atomic E-state index is 11.1. The molecular weight excluding hydrogens is 305 g/mol. The Morgan fingerprint density at radius 2 is 2.26 bits per heavy atom. The average Bonchev–Trinajstić information content (AvgIpc) is 2.82. The summed E-state index contributed by atoms with van der Waals surface area (Å²) < 4.78 is 0. The minimum Gasteiger partial charge on any atom is -0.480 e. The first kappa shape index (κ1) is 15.0. The lowest BCUT2D eigenvalue weighted by molar-refractivity contribution is -0.142. The number of hydrogen-bond acceptors (Lipinski definition) is 3. The lowest BCUT2D eigenvalue weighted by atomic mass is 10.2. The smallest absolute Gasteiger partial charge is 0.320 e. The van der Waals surface area contributed by atoms with E-state index in [0.717, 1.165) is 36.6 Å². The number of benzene rings is 1. The molecule has 1 atom stereocenters. The number of nitrogens with zero attached hydrogens (tertiary/aromatic N) is 1. The average molecular weight is 320 g/mol. The molecule has 0 spiro atoms. The zero-order chi connectivity index (χ0) is 13.8. The summed E-state index contributed by atoms with van der Waals surface area (Å²) in [5, 5.41) is 10.4. The van der Waals surface area contributed by atoms with Gasteiger partial charge in [-0.25, -0.2) is 0 Å². The van der Waals surface area contributed by atoms with E-state index in [2.05, 4.69) is 0 Å². The third-order valence-electron chi connectivity index (χ3n) is 3.18. The number of likely N-dealkylation sites (tertiary alicyclic amines) is 1. The molecule has 1 heterocycles. The van der Waals surface area contributed by atoms with Crippen molar-refractivity contribution in [2.75, 3.05) is 18.8 Å². The van der Waals surface area contributed by atoms with E-state index in [0.29, 0.717) is 10.0 Å². The van der Waals surface area contributed by atoms with Crippen molar-refractivity contribution < 1.29 is 9.90 Å². The van der Waals surface area contributed by atoms with Gasteiger partial charge in [-0.1, -0.05) is 23.2 Å². The molecule has 0 bridgehead atoms. The van der Waals surface area contributed by atoms with Gasteiger partial charge < -0.3 is 5.11 Å². The Labute approximate surface area is 126 Å². The summed E-state index contributed by atoms with van der Waals surface area (Å²) in [6, 6.07) is 5.06. The van der Waals surface area contributed by atoms with Gasteiger partial charge in [0, 0.05) is 22.2 Å². The second-order valence-electron chi connectivity index (χ2n) is 4.46. The number of carboxylic acids is 1. The molecule has 0 radical (unpaired) electrons. The summed E-state index contributed by atoms with van der Waals surface area (Å²) in [6.07, 6.45) is 1.71. The minimum absolute atomic E-state index is 0.324. The zero-order valence-corrected chi connectivity index (χ0v) is 12.6. The maximum absolute atomic E-state index is 11.1. The molecule has 0 saturated carbocycles. The first-order valence-electron chi connectivity index (χ1n) is 6.12. The van der Waals surface area contributed by atoms with E-state index in [1.807, 2.05) is 11.0 Å². The van der Waals surface area contributed by atoms with Crippen LogP contribution in [0.5, 0.6) is 0 Å². The summed E-state index contributed by atoms with van der Waals surface area (Å²) in [7, 11) is 0. The van der Waals surface area contributed by atoms with Crippen LogP contribution in [-0.4, -0.2) is 40.9 Å². The molecule has 2 rings (SSSR count). The lowest BCUT2D eigenvalue weighted by Gasteiger charge is -2.20. The van der Waals surface area contributed by atoms with Gasteiger partial charge in [0.2, 0.25) is 0 Å². The van der Waals surface area contributed by atoms with Gasteiger partial charge in [-0.05, 0) is 37.6 Å². The molecule has 0 amide bonds. The Bertz CT molecular complexity index is 470. The minimum atomic E-state index is -0.719. The molecule has 1 aliphatic rings. The predicted octanol–water partition coefficient (Wildman–Crippen LogP) is 3.63. The fourth-order valence-electron chi connectivity index (χ4n) is 2.23. The van der Waals surface area contributed by atoms with Crippen molar-refractivity contribution in [1.29, 1.82) is 0 Å². The van der Waals surface area contributed by atoms with E-state index in [1.165, 1.54) is 0 Å². The van der Waals surface area contributed by atoms with Gasteiger partial charge in [0.1, 0.15) is 6.04 Å². The van der Waals surface area contributed by atoms with E-state index in [1.54, 1.807) is 23.9 Å². The van der Waals surface area contributed by atoms with Crippen molar-refractivity contribution in [3.8, 4) is 0 Å². The van der Waals surface area contributed by atoms with Crippen molar-refractivity contribution in [2.24, 2.45) is 0 Å². The fraction of sp³-hybridized carbons (Fsp3) is 0.462. The van der Waals surface area contributed by atoms with Crippen molar-refractivity contribution in [2.45, 2.75) is 23.8 Å². The molecular formula is C13H15Cl2NO2S. The third-order valence-corrected chi connectivity index (χ3v) is 4.89. The SMILES string of the molecule is O=C(O)[C@H]1CCCN1CCSc1cc(Cl)ccc1Cl. The molecule has 0 aromatic heterocycles. The molecule has 104 valence electrons. The number of hydrogen-bond donors (Lipinski definition) is 1. The number of halogens is 2. The van der Waals surface area contributed by atoms with Crippen LogP contribution in [0.15, 0.2) is 23.1 Å². The normalized spacial score (nSPS) is 19.8. The first-order valence-corrected chi connectivity index (χ1v) is 7.87. The van der Waals surface area contributed by atoms with Gasteiger partial charge in [-0.2, -0.15) is 0 Å². The van der Waals surface area contributed by atoms with Gasteiger partial charge in [-0.3, -0.25) is 9.69 Å². The zero-order valence-electron chi connectivity index (χ0n) is 10.3. The number of rotatable bonds is 5. The Kier molecular flexibility index (Phi) is 5.39. The van der Waals surface area contributed by atoms with Crippen LogP contribution in [0, 0.1) is 0 Å². The van der Waals surface area contributed by atoms with Crippen LogP contribution in [0.25, 0.3) is 0 Å². The molecule has 1 N–H and O–H groups in total. The van der Waals surface area contributed by atoms with Crippen LogP contribution < -0.4 is 0 Å². The highest BCUT2D eigenvalue weighted by atomic mass is 35.5. The van der Waals surface area contributed by atoms with Crippen molar-refractivity contribution >= 4 is 40.9 Å². The predicted molar refractivity (Wildman–Crippen MR) is 79.4 cm³/mol. The Balaban J connectivity index is 1.86. The Morgan fingerprint density at radius 3 is 3.00 bits per heavy atom. The molecule has 6 heteroatoms. The summed E-state index contributed by atoms with van der Waals surface area (Å²) in [4.78, 5) is 14.0. The largest absolute Gasteiger partial charge is 0.480 e. The summed E-state index contributed by atoms with van der Waals surface area (Å²) in [5.41, 5.74) is 0.